The molecule has 0 radical (unpaired) electrons. The number of halogens is 2. The fourth-order valence-electron chi connectivity index (χ4n) is 1.53. The Bertz CT molecular complexity index is 489. The van der Waals surface area contributed by atoms with Crippen LogP contribution in [-0.4, -0.2) is 17.4 Å². The monoisotopic (exact) mass is 380 g/mol. The smallest absolute Gasteiger partial charge is 0.252 e. The number of primary amides is 1. The van der Waals surface area contributed by atoms with E-state index in [9.17, 15) is 9.59 Å². The average molecular weight is 381 g/mol. The first-order valence-electron chi connectivity index (χ1n) is 5.27. The van der Waals surface area contributed by atoms with Gasteiger partial charge >= 0.3 is 0 Å². The van der Waals surface area contributed by atoms with Gasteiger partial charge in [-0.25, -0.2) is 0 Å². The van der Waals surface area contributed by atoms with Crippen LogP contribution in [0.15, 0.2) is 18.2 Å². The predicted molar refractivity (Wildman–Crippen MR) is 79.5 cm³/mol. The zero-order valence-corrected chi connectivity index (χ0v) is 13.0. The maximum absolute atomic E-state index is 12.1. The van der Waals surface area contributed by atoms with Crippen LogP contribution in [0.3, 0.4) is 0 Å². The Balaban J connectivity index is 2.88. The van der Waals surface area contributed by atoms with Crippen LogP contribution in [0.1, 0.15) is 30.6 Å². The molecule has 0 heterocycles. The van der Waals surface area contributed by atoms with Crippen molar-refractivity contribution >= 4 is 46.0 Å². The first-order chi connectivity index (χ1) is 8.21. The lowest BCUT2D eigenvalue weighted by Gasteiger charge is -2.25. The van der Waals surface area contributed by atoms with Crippen molar-refractivity contribution in [3.05, 3.63) is 32.4 Å². The third-order valence-corrected chi connectivity index (χ3v) is 3.42. The summed E-state index contributed by atoms with van der Waals surface area (Å²) in [5, 5.41) is 3.26. The molecular weight excluding hydrogens is 367 g/mol. The van der Waals surface area contributed by atoms with Crippen molar-refractivity contribution in [3.8, 4) is 0 Å². The van der Waals surface area contributed by atoms with Gasteiger partial charge in [0, 0.05) is 20.6 Å². The molecule has 0 unspecified atom stereocenters. The second kappa shape index (κ2) is 5.88. The number of rotatable bonds is 4. The van der Waals surface area contributed by atoms with E-state index in [4.69, 9.17) is 17.3 Å². The van der Waals surface area contributed by atoms with E-state index in [1.165, 1.54) is 0 Å². The van der Waals surface area contributed by atoms with Crippen LogP contribution in [0.4, 0.5) is 0 Å². The molecule has 6 heteroatoms. The van der Waals surface area contributed by atoms with E-state index in [2.05, 4.69) is 27.9 Å². The first-order valence-corrected chi connectivity index (χ1v) is 6.73. The molecule has 2 amide bonds. The molecule has 4 nitrogen and oxygen atoms in total. The summed E-state index contributed by atoms with van der Waals surface area (Å²) in [4.78, 5) is 23.0. The number of nitrogens with one attached hydrogen (secondary N) is 1. The lowest BCUT2D eigenvalue weighted by Crippen LogP contribution is -2.46. The van der Waals surface area contributed by atoms with Gasteiger partial charge in [0.25, 0.3) is 5.91 Å². The van der Waals surface area contributed by atoms with Crippen LogP contribution in [-0.2, 0) is 4.79 Å². The molecule has 18 heavy (non-hydrogen) atoms. The highest BCUT2D eigenvalue weighted by atomic mass is 127. The minimum atomic E-state index is -0.686. The number of amides is 2. The zero-order valence-electron chi connectivity index (χ0n) is 10.1. The van der Waals surface area contributed by atoms with Gasteiger partial charge in [-0.3, -0.25) is 9.59 Å². The first kappa shape index (κ1) is 15.2. The van der Waals surface area contributed by atoms with E-state index in [-0.39, 0.29) is 12.3 Å². The molecule has 0 spiro atoms. The molecule has 0 aliphatic carbocycles. The number of nitrogens with two attached hydrogens (primary N) is 1. The Labute approximate surface area is 124 Å². The van der Waals surface area contributed by atoms with Crippen molar-refractivity contribution < 1.29 is 9.59 Å². The number of benzene rings is 1. The molecule has 1 rings (SSSR count). The van der Waals surface area contributed by atoms with Gasteiger partial charge in [-0.15, -0.1) is 0 Å². The predicted octanol–water partition coefficient (Wildman–Crippen LogP) is 2.33. The van der Waals surface area contributed by atoms with E-state index in [1.807, 2.05) is 0 Å². The highest BCUT2D eigenvalue weighted by Crippen LogP contribution is 2.19. The molecule has 0 saturated carbocycles. The van der Waals surface area contributed by atoms with Crippen molar-refractivity contribution in [3.63, 3.8) is 0 Å². The highest BCUT2D eigenvalue weighted by molar-refractivity contribution is 14.1. The molecule has 3 N–H and O–H groups in total. The molecule has 0 aliphatic rings. The highest BCUT2D eigenvalue weighted by Gasteiger charge is 2.24. The van der Waals surface area contributed by atoms with Crippen LogP contribution in [0, 0.1) is 3.57 Å². The lowest BCUT2D eigenvalue weighted by molar-refractivity contribution is -0.119. The van der Waals surface area contributed by atoms with Gasteiger partial charge in [0.05, 0.1) is 5.56 Å². The van der Waals surface area contributed by atoms with Crippen LogP contribution in [0.25, 0.3) is 0 Å². The van der Waals surface area contributed by atoms with Crippen LogP contribution < -0.4 is 11.1 Å². The van der Waals surface area contributed by atoms with Gasteiger partial charge in [0.15, 0.2) is 0 Å². The minimum Gasteiger partial charge on any atom is -0.370 e. The maximum atomic E-state index is 12.1. The Morgan fingerprint density at radius 1 is 1.44 bits per heavy atom. The fourth-order valence-corrected chi connectivity index (χ4v) is 2.28. The van der Waals surface area contributed by atoms with Gasteiger partial charge in [-0.1, -0.05) is 11.6 Å². The molecule has 1 aromatic carbocycles. The molecule has 0 saturated heterocycles. The summed E-state index contributed by atoms with van der Waals surface area (Å²) in [5.41, 5.74) is 4.93. The van der Waals surface area contributed by atoms with Crippen molar-refractivity contribution in [2.75, 3.05) is 0 Å². The van der Waals surface area contributed by atoms with Crippen molar-refractivity contribution in [1.29, 1.82) is 0 Å². The topological polar surface area (TPSA) is 72.2 Å². The summed E-state index contributed by atoms with van der Waals surface area (Å²) in [5.74, 6) is -0.728. The lowest BCUT2D eigenvalue weighted by atomic mass is 9.99. The number of hydrogen-bond acceptors (Lipinski definition) is 2. The largest absolute Gasteiger partial charge is 0.370 e. The fraction of sp³-hybridized carbons (Fsp3) is 0.333. The number of carbonyl (C=O) groups is 2. The van der Waals surface area contributed by atoms with Crippen molar-refractivity contribution in [2.24, 2.45) is 5.73 Å². The van der Waals surface area contributed by atoms with E-state index in [0.29, 0.717) is 10.6 Å². The van der Waals surface area contributed by atoms with Crippen LogP contribution >= 0.6 is 34.2 Å². The average Bonchev–Trinajstić information content (AvgIpc) is 2.18. The Morgan fingerprint density at radius 2 is 2.06 bits per heavy atom. The van der Waals surface area contributed by atoms with E-state index < -0.39 is 11.4 Å². The maximum Gasteiger partial charge on any atom is 0.252 e. The van der Waals surface area contributed by atoms with Gasteiger partial charge < -0.3 is 11.1 Å². The normalized spacial score (nSPS) is 11.1. The number of hydrogen-bond donors (Lipinski definition) is 2. The van der Waals surface area contributed by atoms with Gasteiger partial charge in [0.1, 0.15) is 0 Å². The summed E-state index contributed by atoms with van der Waals surface area (Å²) in [6.07, 6.45) is 0.0793. The van der Waals surface area contributed by atoms with Gasteiger partial charge in [0.2, 0.25) is 5.91 Å². The summed E-state index contributed by atoms with van der Waals surface area (Å²) in [7, 11) is 0. The Kier molecular flexibility index (Phi) is 4.98. The second-order valence-electron chi connectivity index (χ2n) is 4.61. The van der Waals surface area contributed by atoms with E-state index >= 15 is 0 Å². The van der Waals surface area contributed by atoms with Crippen molar-refractivity contribution in [1.82, 2.24) is 5.32 Å². The molecule has 0 atom stereocenters. The molecule has 98 valence electrons. The quantitative estimate of drug-likeness (QED) is 0.787. The second-order valence-corrected chi connectivity index (χ2v) is 6.20. The Morgan fingerprint density at radius 3 is 2.61 bits per heavy atom. The van der Waals surface area contributed by atoms with Crippen LogP contribution in [0.2, 0.25) is 5.02 Å². The molecule has 1 aromatic rings. The van der Waals surface area contributed by atoms with Crippen molar-refractivity contribution in [2.45, 2.75) is 25.8 Å². The molecule has 0 bridgehead atoms. The molecular formula is C12H14ClIN2O2. The SMILES string of the molecule is CC(C)(CC(N)=O)NC(=O)c1cc(Cl)ccc1I. The zero-order chi connectivity index (χ0) is 13.9. The standard InChI is InChI=1S/C12H14ClIN2O2/c1-12(2,6-10(15)17)16-11(18)8-5-7(13)3-4-9(8)14/h3-5H,6H2,1-2H3,(H2,15,17)(H,16,18). The van der Waals surface area contributed by atoms with E-state index in [1.54, 1.807) is 32.0 Å². The third kappa shape index (κ3) is 4.45. The Hall–Kier alpha value is -0.820. The summed E-state index contributed by atoms with van der Waals surface area (Å²) in [6.45, 7) is 3.49. The van der Waals surface area contributed by atoms with E-state index in [0.717, 1.165) is 3.57 Å². The van der Waals surface area contributed by atoms with Gasteiger partial charge in [-0.05, 0) is 54.6 Å². The molecule has 0 fully saturated rings. The third-order valence-electron chi connectivity index (χ3n) is 2.24. The number of carbonyl (C=O) groups excluding carboxylic acids is 2. The molecule has 0 aliphatic heterocycles. The van der Waals surface area contributed by atoms with Gasteiger partial charge in [-0.2, -0.15) is 0 Å². The summed E-state index contributed by atoms with van der Waals surface area (Å²) < 4.78 is 0.796. The molecule has 0 aromatic heterocycles. The minimum absolute atomic E-state index is 0.0793. The summed E-state index contributed by atoms with van der Waals surface area (Å²) >= 11 is 7.92. The summed E-state index contributed by atoms with van der Waals surface area (Å²) in [6, 6.07) is 5.08. The van der Waals surface area contributed by atoms with Crippen LogP contribution in [0.5, 0.6) is 0 Å².